The molecule has 5 rings (SSSR count). The van der Waals surface area contributed by atoms with E-state index in [9.17, 15) is 9.59 Å². The molecule has 35 heavy (non-hydrogen) atoms. The number of nitrogens with one attached hydrogen (secondary N) is 1. The number of thiophene rings is 1. The number of esters is 1. The molecular formula is C28H25ClN2O3S. The lowest BCUT2D eigenvalue weighted by Gasteiger charge is -2.13. The van der Waals surface area contributed by atoms with Crippen molar-refractivity contribution in [2.24, 2.45) is 0 Å². The van der Waals surface area contributed by atoms with E-state index in [0.717, 1.165) is 47.3 Å². The molecule has 0 saturated carbocycles. The molecule has 1 aliphatic rings. The Morgan fingerprint density at radius 1 is 1.11 bits per heavy atom. The first-order valence-corrected chi connectivity index (χ1v) is 13.0. The molecule has 1 amide bonds. The molecule has 4 aromatic rings. The summed E-state index contributed by atoms with van der Waals surface area (Å²) in [6, 6.07) is 15.1. The van der Waals surface area contributed by atoms with Gasteiger partial charge in [-0.25, -0.2) is 9.78 Å². The van der Waals surface area contributed by atoms with Crippen LogP contribution >= 0.6 is 22.9 Å². The maximum absolute atomic E-state index is 13.7. The highest BCUT2D eigenvalue weighted by atomic mass is 35.5. The first-order chi connectivity index (χ1) is 17.0. The molecule has 0 aliphatic heterocycles. The summed E-state index contributed by atoms with van der Waals surface area (Å²) in [4.78, 5) is 32.5. The predicted molar refractivity (Wildman–Crippen MR) is 142 cm³/mol. The van der Waals surface area contributed by atoms with Crippen molar-refractivity contribution in [3.63, 3.8) is 0 Å². The van der Waals surface area contributed by atoms with Gasteiger partial charge in [-0.15, -0.1) is 11.3 Å². The SMILES string of the molecule is CCOC(=O)c1c(NC(=O)c2cc(-c3ccccc3C)nc3c(Cl)cccc23)sc2c1CCCC2. The second-order valence-corrected chi connectivity index (χ2v) is 10.1. The zero-order valence-electron chi connectivity index (χ0n) is 19.6. The Morgan fingerprint density at radius 2 is 1.91 bits per heavy atom. The number of ether oxygens (including phenoxy) is 1. The summed E-state index contributed by atoms with van der Waals surface area (Å²) in [6.07, 6.45) is 3.84. The molecule has 1 aliphatic carbocycles. The summed E-state index contributed by atoms with van der Waals surface area (Å²) < 4.78 is 5.35. The van der Waals surface area contributed by atoms with Crippen molar-refractivity contribution < 1.29 is 14.3 Å². The van der Waals surface area contributed by atoms with Gasteiger partial charge < -0.3 is 10.1 Å². The fourth-order valence-corrected chi connectivity index (χ4v) is 6.13. The summed E-state index contributed by atoms with van der Waals surface area (Å²) in [5, 5.41) is 4.72. The molecule has 0 saturated heterocycles. The Labute approximate surface area is 213 Å². The van der Waals surface area contributed by atoms with E-state index in [-0.39, 0.29) is 18.5 Å². The Bertz CT molecular complexity index is 1460. The number of para-hydroxylation sites is 1. The topological polar surface area (TPSA) is 68.3 Å². The van der Waals surface area contributed by atoms with Gasteiger partial charge in [0, 0.05) is 15.8 Å². The third kappa shape index (κ3) is 4.44. The van der Waals surface area contributed by atoms with Crippen LogP contribution < -0.4 is 5.32 Å². The van der Waals surface area contributed by atoms with Crippen LogP contribution in [0, 0.1) is 6.92 Å². The van der Waals surface area contributed by atoms with Gasteiger partial charge in [-0.2, -0.15) is 0 Å². The second-order valence-electron chi connectivity index (χ2n) is 8.60. The van der Waals surface area contributed by atoms with Crippen LogP contribution in [0.4, 0.5) is 5.00 Å². The Morgan fingerprint density at radius 3 is 2.71 bits per heavy atom. The fourth-order valence-electron chi connectivity index (χ4n) is 4.64. The van der Waals surface area contributed by atoms with E-state index >= 15 is 0 Å². The smallest absolute Gasteiger partial charge is 0.341 e. The third-order valence-electron chi connectivity index (χ3n) is 6.33. The number of hydrogen-bond donors (Lipinski definition) is 1. The zero-order chi connectivity index (χ0) is 24.5. The van der Waals surface area contributed by atoms with Gasteiger partial charge in [-0.05, 0) is 62.8 Å². The monoisotopic (exact) mass is 504 g/mol. The highest BCUT2D eigenvalue weighted by Gasteiger charge is 2.28. The first-order valence-electron chi connectivity index (χ1n) is 11.8. The van der Waals surface area contributed by atoms with E-state index in [4.69, 9.17) is 21.3 Å². The molecule has 5 nitrogen and oxygen atoms in total. The molecule has 178 valence electrons. The highest BCUT2D eigenvalue weighted by molar-refractivity contribution is 7.17. The molecule has 2 aromatic heterocycles. The van der Waals surface area contributed by atoms with E-state index in [1.807, 2.05) is 43.3 Å². The lowest BCUT2D eigenvalue weighted by molar-refractivity contribution is 0.0526. The van der Waals surface area contributed by atoms with Crippen LogP contribution in [0.5, 0.6) is 0 Å². The standard InChI is InChI=1S/C28H25ClN2O3S/c1-3-34-28(33)24-19-11-6-7-14-23(19)35-27(24)31-26(32)20-15-22(17-10-5-4-9-16(17)2)30-25-18(20)12-8-13-21(25)29/h4-5,8-10,12-13,15H,3,6-7,11,14H2,1-2H3,(H,31,32). The molecule has 0 unspecified atom stereocenters. The Kier molecular flexibility index (Phi) is 6.58. The van der Waals surface area contributed by atoms with E-state index in [1.54, 1.807) is 19.1 Å². The van der Waals surface area contributed by atoms with Gasteiger partial charge in [0.25, 0.3) is 5.91 Å². The second kappa shape index (κ2) is 9.80. The fraction of sp³-hybridized carbons (Fsp3) is 0.250. The molecule has 0 spiro atoms. The number of anilines is 1. The van der Waals surface area contributed by atoms with Crippen molar-refractivity contribution >= 4 is 50.7 Å². The number of benzene rings is 2. The van der Waals surface area contributed by atoms with Crippen LogP contribution in [0.1, 0.15) is 56.5 Å². The average molecular weight is 505 g/mol. The number of nitrogens with zero attached hydrogens (tertiary/aromatic N) is 1. The van der Waals surface area contributed by atoms with Crippen LogP contribution in [0.25, 0.3) is 22.2 Å². The van der Waals surface area contributed by atoms with Crippen LogP contribution in [0.3, 0.4) is 0 Å². The van der Waals surface area contributed by atoms with Gasteiger partial charge in [0.1, 0.15) is 5.00 Å². The number of aromatic nitrogens is 1. The minimum atomic E-state index is -0.384. The lowest BCUT2D eigenvalue weighted by atomic mass is 9.95. The molecule has 7 heteroatoms. The average Bonchev–Trinajstić information content (AvgIpc) is 3.22. The van der Waals surface area contributed by atoms with Crippen LogP contribution in [0.15, 0.2) is 48.5 Å². The lowest BCUT2D eigenvalue weighted by Crippen LogP contribution is -2.16. The normalized spacial score (nSPS) is 12.9. The van der Waals surface area contributed by atoms with Gasteiger partial charge >= 0.3 is 5.97 Å². The van der Waals surface area contributed by atoms with Gasteiger partial charge in [-0.1, -0.05) is 48.0 Å². The number of fused-ring (bicyclic) bond motifs is 2. The van der Waals surface area contributed by atoms with Gasteiger partial charge in [-0.3, -0.25) is 4.79 Å². The van der Waals surface area contributed by atoms with Crippen molar-refractivity contribution in [3.8, 4) is 11.3 Å². The number of aryl methyl sites for hydroxylation is 2. The maximum atomic E-state index is 13.7. The van der Waals surface area contributed by atoms with Crippen molar-refractivity contribution in [2.75, 3.05) is 11.9 Å². The summed E-state index contributed by atoms with van der Waals surface area (Å²) >= 11 is 7.99. The van der Waals surface area contributed by atoms with E-state index < -0.39 is 0 Å². The summed E-state index contributed by atoms with van der Waals surface area (Å²) in [5.74, 6) is -0.691. The van der Waals surface area contributed by atoms with Crippen LogP contribution in [0.2, 0.25) is 5.02 Å². The van der Waals surface area contributed by atoms with E-state index in [0.29, 0.717) is 37.7 Å². The van der Waals surface area contributed by atoms with Crippen molar-refractivity contribution in [2.45, 2.75) is 39.5 Å². The Hall–Kier alpha value is -3.22. The number of amides is 1. The number of halogens is 1. The summed E-state index contributed by atoms with van der Waals surface area (Å²) in [6.45, 7) is 4.08. The van der Waals surface area contributed by atoms with Crippen molar-refractivity contribution in [1.82, 2.24) is 4.98 Å². The van der Waals surface area contributed by atoms with Crippen molar-refractivity contribution in [1.29, 1.82) is 0 Å². The third-order valence-corrected chi connectivity index (χ3v) is 7.85. The molecule has 0 atom stereocenters. The molecule has 1 N–H and O–H groups in total. The van der Waals surface area contributed by atoms with Crippen LogP contribution in [-0.4, -0.2) is 23.5 Å². The zero-order valence-corrected chi connectivity index (χ0v) is 21.2. The largest absolute Gasteiger partial charge is 0.462 e. The van der Waals surface area contributed by atoms with E-state index in [2.05, 4.69) is 5.32 Å². The van der Waals surface area contributed by atoms with Gasteiger partial charge in [0.05, 0.1) is 34.0 Å². The number of rotatable bonds is 5. The predicted octanol–water partition coefficient (Wildman–Crippen LogP) is 7.23. The molecule has 2 aromatic carbocycles. The van der Waals surface area contributed by atoms with Crippen molar-refractivity contribution in [3.05, 3.63) is 80.7 Å². The minimum absolute atomic E-state index is 0.282. The quantitative estimate of drug-likeness (QED) is 0.291. The maximum Gasteiger partial charge on any atom is 0.341 e. The van der Waals surface area contributed by atoms with Gasteiger partial charge in [0.2, 0.25) is 0 Å². The van der Waals surface area contributed by atoms with E-state index in [1.165, 1.54) is 11.3 Å². The minimum Gasteiger partial charge on any atom is -0.462 e. The Balaban J connectivity index is 1.62. The highest BCUT2D eigenvalue weighted by Crippen LogP contribution is 2.39. The number of pyridine rings is 1. The molecule has 0 bridgehead atoms. The van der Waals surface area contributed by atoms with Crippen LogP contribution in [-0.2, 0) is 17.6 Å². The number of carbonyl (C=O) groups is 2. The summed E-state index contributed by atoms with van der Waals surface area (Å²) in [5.41, 5.74) is 5.18. The first kappa shape index (κ1) is 23.5. The molecule has 0 radical (unpaired) electrons. The molecule has 2 heterocycles. The number of carbonyl (C=O) groups excluding carboxylic acids is 2. The molecule has 0 fully saturated rings. The summed E-state index contributed by atoms with van der Waals surface area (Å²) in [7, 11) is 0. The molecular weight excluding hydrogens is 480 g/mol. The van der Waals surface area contributed by atoms with Gasteiger partial charge in [0.15, 0.2) is 0 Å². The number of hydrogen-bond acceptors (Lipinski definition) is 5.